The highest BCUT2D eigenvalue weighted by Gasteiger charge is 1.94. The summed E-state index contributed by atoms with van der Waals surface area (Å²) in [4.78, 5) is 0. The van der Waals surface area contributed by atoms with E-state index in [0.717, 1.165) is 0 Å². The first-order valence-corrected chi connectivity index (χ1v) is 12.7. The summed E-state index contributed by atoms with van der Waals surface area (Å²) < 4.78 is 0. The van der Waals surface area contributed by atoms with E-state index in [0.29, 0.717) is 0 Å². The molecule has 0 nitrogen and oxygen atoms in total. The summed E-state index contributed by atoms with van der Waals surface area (Å²) in [5.74, 6) is 0. The Balaban J connectivity index is 3.17. The number of hydrogen-bond donors (Lipinski definition) is 0. The summed E-state index contributed by atoms with van der Waals surface area (Å²) in [5, 5.41) is 0. The molecule has 166 valence electrons. The van der Waals surface area contributed by atoms with Crippen molar-refractivity contribution in [2.75, 3.05) is 0 Å². The lowest BCUT2D eigenvalue weighted by Crippen LogP contribution is -1.83. The number of unbranched alkanes of at least 4 members (excludes halogenated alkanes) is 17. The van der Waals surface area contributed by atoms with Crippen LogP contribution in [0.1, 0.15) is 122 Å². The van der Waals surface area contributed by atoms with Gasteiger partial charge in [0.15, 0.2) is 0 Å². The van der Waals surface area contributed by atoms with Crippen molar-refractivity contribution in [1.29, 1.82) is 0 Å². The minimum absolute atomic E-state index is 1.21. The molecule has 0 saturated heterocycles. The lowest BCUT2D eigenvalue weighted by molar-refractivity contribution is 0.527. The first-order valence-electron chi connectivity index (χ1n) is 12.7. The third-order valence-corrected chi connectivity index (χ3v) is 5.41. The van der Waals surface area contributed by atoms with E-state index >= 15 is 0 Å². The maximum Gasteiger partial charge on any atom is -0.0348 e. The zero-order chi connectivity index (χ0) is 21.1. The highest BCUT2D eigenvalue weighted by Crippen LogP contribution is 2.14. The van der Waals surface area contributed by atoms with Crippen molar-refractivity contribution in [3.63, 3.8) is 0 Å². The van der Waals surface area contributed by atoms with Gasteiger partial charge in [0.1, 0.15) is 0 Å². The van der Waals surface area contributed by atoms with Crippen LogP contribution in [0.5, 0.6) is 0 Å². The second-order valence-corrected chi connectivity index (χ2v) is 8.26. The molecule has 0 aliphatic rings. The van der Waals surface area contributed by atoms with Gasteiger partial charge in [-0.1, -0.05) is 171 Å². The zero-order valence-corrected chi connectivity index (χ0v) is 19.6. The van der Waals surface area contributed by atoms with Gasteiger partial charge in [-0.05, 0) is 12.8 Å². The molecule has 0 radical (unpaired) electrons. The second kappa shape index (κ2) is 26.7. The van der Waals surface area contributed by atoms with Gasteiger partial charge in [0, 0.05) is 0 Å². The van der Waals surface area contributed by atoms with Crippen molar-refractivity contribution in [3.05, 3.63) is 61.3 Å². The minimum atomic E-state index is 1.21. The first-order chi connectivity index (χ1) is 14.4. The van der Waals surface area contributed by atoms with Crippen LogP contribution in [0.15, 0.2) is 61.3 Å². The Kier molecular flexibility index (Phi) is 25.5. The van der Waals surface area contributed by atoms with Gasteiger partial charge in [-0.15, -0.1) is 0 Å². The van der Waals surface area contributed by atoms with Crippen molar-refractivity contribution in [2.45, 2.75) is 122 Å². The van der Waals surface area contributed by atoms with Crippen LogP contribution in [0.4, 0.5) is 0 Å². The van der Waals surface area contributed by atoms with E-state index in [1.54, 1.807) is 6.08 Å². The van der Waals surface area contributed by atoms with Gasteiger partial charge in [-0.3, -0.25) is 0 Å². The lowest BCUT2D eigenvalue weighted by Gasteiger charge is -2.03. The third-order valence-electron chi connectivity index (χ3n) is 5.41. The van der Waals surface area contributed by atoms with E-state index < -0.39 is 0 Å². The van der Waals surface area contributed by atoms with E-state index in [-0.39, 0.29) is 0 Å². The molecular weight excluding hydrogens is 348 g/mol. The van der Waals surface area contributed by atoms with Gasteiger partial charge in [0.05, 0.1) is 0 Å². The molecule has 0 saturated carbocycles. The van der Waals surface area contributed by atoms with Crippen LogP contribution < -0.4 is 0 Å². The summed E-state index contributed by atoms with van der Waals surface area (Å²) in [6, 6.07) is 0. The van der Waals surface area contributed by atoms with Gasteiger partial charge in [0.25, 0.3) is 0 Å². The van der Waals surface area contributed by atoms with E-state index in [9.17, 15) is 0 Å². The average molecular weight is 399 g/mol. The van der Waals surface area contributed by atoms with Crippen LogP contribution in [0.25, 0.3) is 0 Å². The molecule has 0 aromatic rings. The molecule has 0 heterocycles. The van der Waals surface area contributed by atoms with Crippen LogP contribution in [-0.2, 0) is 0 Å². The number of rotatable bonds is 22. The number of allylic oxidation sites excluding steroid dienone is 9. The van der Waals surface area contributed by atoms with Crippen LogP contribution in [0, 0.1) is 0 Å². The summed E-state index contributed by atoms with van der Waals surface area (Å²) in [7, 11) is 0. The molecule has 0 fully saturated rings. The van der Waals surface area contributed by atoms with Crippen molar-refractivity contribution in [1.82, 2.24) is 0 Å². The quantitative estimate of drug-likeness (QED) is 0.126. The molecule has 0 rings (SSSR count). The molecule has 0 heteroatoms. The zero-order valence-electron chi connectivity index (χ0n) is 19.6. The summed E-state index contributed by atoms with van der Waals surface area (Å²) in [5.41, 5.74) is 0. The van der Waals surface area contributed by atoms with Gasteiger partial charge in [0.2, 0.25) is 0 Å². The van der Waals surface area contributed by atoms with Gasteiger partial charge in [-0.2, -0.15) is 0 Å². The molecule has 0 atom stereocenters. The third kappa shape index (κ3) is 26.7. The Labute approximate surface area is 184 Å². The van der Waals surface area contributed by atoms with Crippen LogP contribution in [-0.4, -0.2) is 0 Å². The molecule has 0 aliphatic heterocycles. The fourth-order valence-corrected chi connectivity index (χ4v) is 3.56. The van der Waals surface area contributed by atoms with Crippen LogP contribution in [0.3, 0.4) is 0 Å². The molecule has 29 heavy (non-hydrogen) atoms. The topological polar surface area (TPSA) is 0 Å². The average Bonchev–Trinajstić information content (AvgIpc) is 2.74. The van der Waals surface area contributed by atoms with Crippen molar-refractivity contribution < 1.29 is 0 Å². The first kappa shape index (κ1) is 27.7. The highest BCUT2D eigenvalue weighted by molar-refractivity contribution is 5.17. The Morgan fingerprint density at radius 2 is 0.759 bits per heavy atom. The lowest BCUT2D eigenvalue weighted by atomic mass is 10.0. The molecule has 0 unspecified atom stereocenters. The Morgan fingerprint density at radius 3 is 1.17 bits per heavy atom. The molecule has 0 aliphatic carbocycles. The fraction of sp³-hybridized carbons (Fsp3) is 0.655. The molecular formula is C29H50. The Morgan fingerprint density at radius 1 is 0.414 bits per heavy atom. The smallest absolute Gasteiger partial charge is 0.0348 e. The van der Waals surface area contributed by atoms with Crippen molar-refractivity contribution in [2.24, 2.45) is 0 Å². The molecule has 0 spiro atoms. The van der Waals surface area contributed by atoms with Gasteiger partial charge >= 0.3 is 0 Å². The summed E-state index contributed by atoms with van der Waals surface area (Å²) >= 11 is 0. The monoisotopic (exact) mass is 398 g/mol. The van der Waals surface area contributed by atoms with Crippen LogP contribution in [0.2, 0.25) is 0 Å². The SMILES string of the molecule is C=CC=CC=CC=CC=CCCCCCCCCCCCCCCCCCCC. The van der Waals surface area contributed by atoms with Gasteiger partial charge in [-0.25, -0.2) is 0 Å². The van der Waals surface area contributed by atoms with Crippen LogP contribution >= 0.6 is 0 Å². The van der Waals surface area contributed by atoms with Gasteiger partial charge < -0.3 is 0 Å². The molecule has 0 amide bonds. The van der Waals surface area contributed by atoms with Crippen molar-refractivity contribution in [3.8, 4) is 0 Å². The predicted octanol–water partition coefficient (Wildman–Crippen LogP) is 10.4. The maximum atomic E-state index is 3.64. The summed E-state index contributed by atoms with van der Waals surface area (Å²) in [6.45, 7) is 5.94. The predicted molar refractivity (Wildman–Crippen MR) is 136 cm³/mol. The molecule has 0 N–H and O–H groups in total. The highest BCUT2D eigenvalue weighted by atomic mass is 14.0. The largest absolute Gasteiger partial charge is 0.0991 e. The molecule has 0 bridgehead atoms. The van der Waals surface area contributed by atoms with E-state index in [1.165, 1.54) is 116 Å². The normalized spacial score (nSPS) is 12.3. The summed E-state index contributed by atoms with van der Waals surface area (Å²) in [6.07, 6.45) is 44.1. The maximum absolute atomic E-state index is 3.64. The molecule has 0 aromatic carbocycles. The number of hydrogen-bond acceptors (Lipinski definition) is 0. The van der Waals surface area contributed by atoms with Crippen molar-refractivity contribution >= 4 is 0 Å². The standard InChI is InChI=1S/C29H50/c1-3-5-7-9-11-13-15-17-19-21-23-25-27-29-28-26-24-22-20-18-16-14-12-10-8-6-4-2/h3,5,7,9,11,13,15,17,19H,1,4,6,8,10,12,14,16,18,20-29H2,2H3. The minimum Gasteiger partial charge on any atom is -0.0991 e. The van der Waals surface area contributed by atoms with E-state index in [2.05, 4.69) is 37.8 Å². The Bertz CT molecular complexity index is 421. The van der Waals surface area contributed by atoms with E-state index in [4.69, 9.17) is 0 Å². The van der Waals surface area contributed by atoms with E-state index in [1.807, 2.05) is 24.3 Å². The Hall–Kier alpha value is -1.30. The molecule has 0 aromatic heterocycles. The fourth-order valence-electron chi connectivity index (χ4n) is 3.56. The second-order valence-electron chi connectivity index (χ2n) is 8.26.